The first-order chi connectivity index (χ1) is 16.4. The Hall–Kier alpha value is -3.46. The number of carbonyl (C=O) groups excluding carboxylic acids is 1. The monoisotopic (exact) mass is 477 g/mol. The first-order valence-electron chi connectivity index (χ1n) is 11.9. The molecule has 9 nitrogen and oxygen atoms in total. The van der Waals surface area contributed by atoms with Crippen molar-refractivity contribution in [2.75, 3.05) is 11.9 Å². The standard InChI is InChI=1S/C26H35N7O2/c1-25(2)12-19(13-26(3,4)31-25)33(6)23-10-8-21(29-30-23)20-11-18(7-9-22(20)34)24(35)27-14-17-15-28-32(5)16-17/h7-11,15-16,19,31,34H,12-14H2,1-6H3,(H,27,35). The number of aromatic nitrogens is 4. The number of rotatable bonds is 6. The Kier molecular flexibility index (Phi) is 6.55. The Balaban J connectivity index is 1.49. The van der Waals surface area contributed by atoms with Crippen LogP contribution in [0.3, 0.4) is 0 Å². The molecule has 0 saturated carbocycles. The van der Waals surface area contributed by atoms with Gasteiger partial charge in [0.25, 0.3) is 5.91 Å². The quantitative estimate of drug-likeness (QED) is 0.500. The van der Waals surface area contributed by atoms with Crippen LogP contribution in [-0.4, -0.2) is 55.2 Å². The van der Waals surface area contributed by atoms with E-state index in [-0.39, 0.29) is 22.7 Å². The van der Waals surface area contributed by atoms with Gasteiger partial charge in [-0.3, -0.25) is 9.48 Å². The third-order valence-corrected chi connectivity index (χ3v) is 6.47. The van der Waals surface area contributed by atoms with E-state index in [1.54, 1.807) is 23.0 Å². The van der Waals surface area contributed by atoms with Crippen LogP contribution in [0.4, 0.5) is 5.82 Å². The summed E-state index contributed by atoms with van der Waals surface area (Å²) in [6, 6.07) is 8.81. The molecular weight excluding hydrogens is 442 g/mol. The minimum absolute atomic E-state index is 0.0257. The summed E-state index contributed by atoms with van der Waals surface area (Å²) in [5.74, 6) is 0.582. The van der Waals surface area contributed by atoms with E-state index in [1.807, 2.05) is 25.4 Å². The van der Waals surface area contributed by atoms with E-state index in [4.69, 9.17) is 0 Å². The van der Waals surface area contributed by atoms with Gasteiger partial charge in [0.15, 0.2) is 5.82 Å². The summed E-state index contributed by atoms with van der Waals surface area (Å²) in [5, 5.41) is 30.0. The highest BCUT2D eigenvalue weighted by atomic mass is 16.3. The first-order valence-corrected chi connectivity index (χ1v) is 11.9. The number of phenolic OH excluding ortho intramolecular Hbond substituents is 1. The molecule has 2 aromatic heterocycles. The maximum Gasteiger partial charge on any atom is 0.251 e. The van der Waals surface area contributed by atoms with Gasteiger partial charge in [-0.05, 0) is 70.9 Å². The first kappa shape index (κ1) is 24.7. The molecule has 0 atom stereocenters. The Morgan fingerprint density at radius 3 is 2.49 bits per heavy atom. The summed E-state index contributed by atoms with van der Waals surface area (Å²) in [7, 11) is 3.88. The summed E-state index contributed by atoms with van der Waals surface area (Å²) < 4.78 is 1.69. The number of nitrogens with one attached hydrogen (secondary N) is 2. The zero-order valence-electron chi connectivity index (χ0n) is 21.3. The second-order valence-electron chi connectivity index (χ2n) is 10.8. The lowest BCUT2D eigenvalue weighted by Gasteiger charge is -2.49. The third kappa shape index (κ3) is 5.79. The summed E-state index contributed by atoms with van der Waals surface area (Å²) in [6.07, 6.45) is 5.55. The van der Waals surface area contributed by atoms with Gasteiger partial charge in [0.05, 0.1) is 11.9 Å². The van der Waals surface area contributed by atoms with Crippen LogP contribution in [0, 0.1) is 0 Å². The number of hydrogen-bond acceptors (Lipinski definition) is 7. The summed E-state index contributed by atoms with van der Waals surface area (Å²) in [4.78, 5) is 14.9. The number of piperidine rings is 1. The number of aryl methyl sites for hydroxylation is 1. The van der Waals surface area contributed by atoms with Gasteiger partial charge >= 0.3 is 0 Å². The summed E-state index contributed by atoms with van der Waals surface area (Å²) >= 11 is 0. The summed E-state index contributed by atoms with van der Waals surface area (Å²) in [6.45, 7) is 9.28. The largest absolute Gasteiger partial charge is 0.507 e. The maximum atomic E-state index is 12.7. The van der Waals surface area contributed by atoms with Crippen LogP contribution in [0.1, 0.15) is 56.5 Å². The van der Waals surface area contributed by atoms with Crippen molar-refractivity contribution >= 4 is 11.7 Å². The van der Waals surface area contributed by atoms with Crippen LogP contribution in [0.5, 0.6) is 5.75 Å². The molecule has 1 amide bonds. The van der Waals surface area contributed by atoms with E-state index in [9.17, 15) is 9.90 Å². The van der Waals surface area contributed by atoms with Gasteiger partial charge < -0.3 is 20.6 Å². The Morgan fingerprint density at radius 2 is 1.89 bits per heavy atom. The molecule has 0 aliphatic carbocycles. The van der Waals surface area contributed by atoms with E-state index < -0.39 is 0 Å². The Bertz CT molecular complexity index is 1180. The SMILES string of the molecule is CN(c1ccc(-c2cc(C(=O)NCc3cnn(C)c3)ccc2O)nn1)C1CC(C)(C)NC(C)(C)C1. The predicted molar refractivity (Wildman–Crippen MR) is 136 cm³/mol. The smallest absolute Gasteiger partial charge is 0.251 e. The highest BCUT2D eigenvalue weighted by Gasteiger charge is 2.39. The maximum absolute atomic E-state index is 12.7. The van der Waals surface area contributed by atoms with E-state index in [0.29, 0.717) is 29.4 Å². The average Bonchev–Trinajstić information content (AvgIpc) is 3.20. The lowest BCUT2D eigenvalue weighted by Crippen LogP contribution is -2.62. The molecule has 35 heavy (non-hydrogen) atoms. The van der Waals surface area contributed by atoms with Gasteiger partial charge in [-0.1, -0.05) is 0 Å². The van der Waals surface area contributed by atoms with Gasteiger partial charge in [0.1, 0.15) is 5.75 Å². The highest BCUT2D eigenvalue weighted by molar-refractivity contribution is 5.95. The topological polar surface area (TPSA) is 108 Å². The molecule has 186 valence electrons. The van der Waals surface area contributed by atoms with Gasteiger partial charge in [0, 0.05) is 60.6 Å². The fraction of sp³-hybridized carbons (Fsp3) is 0.462. The second-order valence-corrected chi connectivity index (χ2v) is 10.8. The van der Waals surface area contributed by atoms with Gasteiger partial charge in [0.2, 0.25) is 0 Å². The molecule has 0 radical (unpaired) electrons. The molecule has 3 heterocycles. The number of aromatic hydroxyl groups is 1. The zero-order valence-corrected chi connectivity index (χ0v) is 21.3. The lowest BCUT2D eigenvalue weighted by molar-refractivity contribution is 0.0951. The molecule has 1 fully saturated rings. The highest BCUT2D eigenvalue weighted by Crippen LogP contribution is 2.33. The van der Waals surface area contributed by atoms with Crippen molar-refractivity contribution < 1.29 is 9.90 Å². The van der Waals surface area contributed by atoms with E-state index >= 15 is 0 Å². The minimum Gasteiger partial charge on any atom is -0.507 e. The molecular formula is C26H35N7O2. The number of carbonyl (C=O) groups is 1. The number of nitrogens with zero attached hydrogens (tertiary/aromatic N) is 5. The van der Waals surface area contributed by atoms with Crippen molar-refractivity contribution in [2.24, 2.45) is 7.05 Å². The van der Waals surface area contributed by atoms with E-state index in [0.717, 1.165) is 24.2 Å². The minimum atomic E-state index is -0.240. The fourth-order valence-corrected chi connectivity index (χ4v) is 5.12. The van der Waals surface area contributed by atoms with Crippen LogP contribution < -0.4 is 15.5 Å². The molecule has 3 N–H and O–H groups in total. The third-order valence-electron chi connectivity index (χ3n) is 6.47. The van der Waals surface area contributed by atoms with E-state index in [2.05, 4.69) is 65.6 Å². The number of amides is 1. The average molecular weight is 478 g/mol. The Labute approximate surface area is 206 Å². The van der Waals surface area contributed by atoms with E-state index in [1.165, 1.54) is 6.07 Å². The van der Waals surface area contributed by atoms with Crippen LogP contribution in [0.15, 0.2) is 42.7 Å². The number of anilines is 1. The number of hydrogen-bond donors (Lipinski definition) is 3. The normalized spacial score (nSPS) is 17.2. The molecule has 0 spiro atoms. The fourth-order valence-electron chi connectivity index (χ4n) is 5.12. The molecule has 4 rings (SSSR count). The molecule has 0 unspecified atom stereocenters. The summed E-state index contributed by atoms with van der Waals surface area (Å²) in [5.41, 5.74) is 2.36. The van der Waals surface area contributed by atoms with Crippen LogP contribution in [-0.2, 0) is 13.6 Å². The predicted octanol–water partition coefficient (Wildman–Crippen LogP) is 3.26. The molecule has 3 aromatic rings. The zero-order chi connectivity index (χ0) is 25.4. The molecule has 1 aromatic carbocycles. The second kappa shape index (κ2) is 9.30. The van der Waals surface area contributed by atoms with Crippen LogP contribution >= 0.6 is 0 Å². The molecule has 9 heteroatoms. The Morgan fingerprint density at radius 1 is 1.17 bits per heavy atom. The van der Waals surface area contributed by atoms with Crippen molar-refractivity contribution in [1.29, 1.82) is 0 Å². The molecule has 0 bridgehead atoms. The van der Waals surface area contributed by atoms with Crippen molar-refractivity contribution in [2.45, 2.75) is 64.2 Å². The van der Waals surface area contributed by atoms with Gasteiger partial charge in [-0.25, -0.2) is 0 Å². The molecule has 1 aliphatic heterocycles. The van der Waals surface area contributed by atoms with Crippen molar-refractivity contribution in [3.05, 3.63) is 53.9 Å². The molecule has 1 aliphatic rings. The number of benzene rings is 1. The van der Waals surface area contributed by atoms with Crippen LogP contribution in [0.25, 0.3) is 11.3 Å². The van der Waals surface area contributed by atoms with Crippen LogP contribution in [0.2, 0.25) is 0 Å². The molecule has 1 saturated heterocycles. The van der Waals surface area contributed by atoms with Gasteiger partial charge in [-0.2, -0.15) is 5.10 Å². The number of phenols is 1. The van der Waals surface area contributed by atoms with Crippen molar-refractivity contribution in [3.63, 3.8) is 0 Å². The lowest BCUT2D eigenvalue weighted by atomic mass is 9.79. The van der Waals surface area contributed by atoms with Crippen molar-refractivity contribution in [1.82, 2.24) is 30.6 Å². The van der Waals surface area contributed by atoms with Gasteiger partial charge in [-0.15, -0.1) is 10.2 Å². The van der Waals surface area contributed by atoms with Crippen molar-refractivity contribution in [3.8, 4) is 17.0 Å².